The lowest BCUT2D eigenvalue weighted by molar-refractivity contribution is 0.282. The zero-order valence-electron chi connectivity index (χ0n) is 8.45. The van der Waals surface area contributed by atoms with E-state index in [1.54, 1.807) is 12.1 Å². The van der Waals surface area contributed by atoms with Crippen LogP contribution in [0, 0.1) is 0 Å². The molecular formula is C13H10Cl2O. The van der Waals surface area contributed by atoms with E-state index >= 15 is 0 Å². The summed E-state index contributed by atoms with van der Waals surface area (Å²) in [6.07, 6.45) is 0. The van der Waals surface area contributed by atoms with Crippen LogP contribution in [0.25, 0.3) is 11.1 Å². The third kappa shape index (κ3) is 2.22. The molecule has 0 radical (unpaired) electrons. The molecule has 0 heterocycles. The Morgan fingerprint density at radius 3 is 2.31 bits per heavy atom. The first-order chi connectivity index (χ1) is 7.72. The fraction of sp³-hybridized carbons (Fsp3) is 0.0769. The Kier molecular flexibility index (Phi) is 3.49. The van der Waals surface area contributed by atoms with Crippen molar-refractivity contribution >= 4 is 23.2 Å². The normalized spacial score (nSPS) is 10.4. The van der Waals surface area contributed by atoms with Crippen LogP contribution in [0.4, 0.5) is 0 Å². The topological polar surface area (TPSA) is 20.2 Å². The molecule has 0 spiro atoms. The first kappa shape index (κ1) is 11.5. The highest BCUT2D eigenvalue weighted by Crippen LogP contribution is 2.33. The third-order valence-corrected chi connectivity index (χ3v) is 3.03. The van der Waals surface area contributed by atoms with E-state index in [1.165, 1.54) is 0 Å². The Balaban J connectivity index is 2.61. The highest BCUT2D eigenvalue weighted by Gasteiger charge is 2.09. The van der Waals surface area contributed by atoms with Gasteiger partial charge in [-0.2, -0.15) is 0 Å². The van der Waals surface area contributed by atoms with Gasteiger partial charge in [0.25, 0.3) is 0 Å². The van der Waals surface area contributed by atoms with Crippen molar-refractivity contribution in [2.75, 3.05) is 0 Å². The lowest BCUT2D eigenvalue weighted by atomic mass is 10.0. The molecule has 0 saturated heterocycles. The van der Waals surface area contributed by atoms with E-state index in [2.05, 4.69) is 0 Å². The predicted molar refractivity (Wildman–Crippen MR) is 67.8 cm³/mol. The van der Waals surface area contributed by atoms with Crippen molar-refractivity contribution in [1.29, 1.82) is 0 Å². The minimum Gasteiger partial charge on any atom is -0.392 e. The van der Waals surface area contributed by atoms with Gasteiger partial charge < -0.3 is 5.11 Å². The van der Waals surface area contributed by atoms with Gasteiger partial charge >= 0.3 is 0 Å². The molecule has 1 nitrogen and oxygen atoms in total. The summed E-state index contributed by atoms with van der Waals surface area (Å²) in [4.78, 5) is 0. The first-order valence-corrected chi connectivity index (χ1v) is 5.62. The van der Waals surface area contributed by atoms with Crippen LogP contribution in [-0.4, -0.2) is 5.11 Å². The Morgan fingerprint density at radius 1 is 1.00 bits per heavy atom. The number of benzene rings is 2. The Bertz CT molecular complexity index is 495. The van der Waals surface area contributed by atoms with Gasteiger partial charge in [0.15, 0.2) is 0 Å². The second-order valence-electron chi connectivity index (χ2n) is 3.45. The highest BCUT2D eigenvalue weighted by molar-refractivity contribution is 6.36. The van der Waals surface area contributed by atoms with E-state index < -0.39 is 0 Å². The molecule has 0 unspecified atom stereocenters. The lowest BCUT2D eigenvalue weighted by Crippen LogP contribution is -1.89. The van der Waals surface area contributed by atoms with Gasteiger partial charge in [-0.25, -0.2) is 0 Å². The number of aliphatic hydroxyl groups is 1. The quantitative estimate of drug-likeness (QED) is 0.852. The monoisotopic (exact) mass is 252 g/mol. The molecule has 16 heavy (non-hydrogen) atoms. The molecule has 0 saturated carbocycles. The predicted octanol–water partition coefficient (Wildman–Crippen LogP) is 4.15. The maximum absolute atomic E-state index is 9.17. The Labute approximate surface area is 104 Å². The summed E-state index contributed by atoms with van der Waals surface area (Å²) < 4.78 is 0. The van der Waals surface area contributed by atoms with Crippen LogP contribution < -0.4 is 0 Å². The van der Waals surface area contributed by atoms with Crippen LogP contribution in [0.15, 0.2) is 42.5 Å². The second-order valence-corrected chi connectivity index (χ2v) is 4.26. The first-order valence-electron chi connectivity index (χ1n) is 4.86. The summed E-state index contributed by atoms with van der Waals surface area (Å²) in [7, 11) is 0. The Hall–Kier alpha value is -1.02. The molecule has 0 bridgehead atoms. The van der Waals surface area contributed by atoms with Gasteiger partial charge in [-0.05, 0) is 23.3 Å². The summed E-state index contributed by atoms with van der Waals surface area (Å²) in [6, 6.07) is 13.2. The number of hydrogen-bond acceptors (Lipinski definition) is 1. The maximum Gasteiger partial charge on any atom is 0.0697 e. The molecule has 0 amide bonds. The van der Waals surface area contributed by atoms with Crippen molar-refractivity contribution in [3.05, 3.63) is 58.1 Å². The van der Waals surface area contributed by atoms with Crippen molar-refractivity contribution in [2.24, 2.45) is 0 Å². The SMILES string of the molecule is OCc1cc(Cl)cc(-c2ccccc2)c1Cl. The van der Waals surface area contributed by atoms with Crippen molar-refractivity contribution in [1.82, 2.24) is 0 Å². The molecule has 0 fully saturated rings. The summed E-state index contributed by atoms with van der Waals surface area (Å²) in [6.45, 7) is -0.112. The number of aliphatic hydroxyl groups excluding tert-OH is 1. The largest absolute Gasteiger partial charge is 0.392 e. The van der Waals surface area contributed by atoms with Gasteiger partial charge in [0.05, 0.1) is 11.6 Å². The van der Waals surface area contributed by atoms with E-state index in [9.17, 15) is 5.11 Å². The highest BCUT2D eigenvalue weighted by atomic mass is 35.5. The van der Waals surface area contributed by atoms with E-state index in [4.69, 9.17) is 23.2 Å². The number of hydrogen-bond donors (Lipinski definition) is 1. The zero-order valence-corrected chi connectivity index (χ0v) is 9.96. The smallest absolute Gasteiger partial charge is 0.0697 e. The van der Waals surface area contributed by atoms with Gasteiger partial charge in [-0.1, -0.05) is 53.5 Å². The van der Waals surface area contributed by atoms with Gasteiger partial charge in [-0.15, -0.1) is 0 Å². The number of halogens is 2. The molecule has 82 valence electrons. The fourth-order valence-electron chi connectivity index (χ4n) is 1.59. The average Bonchev–Trinajstić information content (AvgIpc) is 2.33. The van der Waals surface area contributed by atoms with Crippen LogP contribution in [0.1, 0.15) is 5.56 Å². The molecule has 0 atom stereocenters. The van der Waals surface area contributed by atoms with Crippen molar-refractivity contribution in [2.45, 2.75) is 6.61 Å². The molecule has 3 heteroatoms. The molecule has 2 rings (SSSR count). The van der Waals surface area contributed by atoms with E-state index in [0.717, 1.165) is 11.1 Å². The van der Waals surface area contributed by atoms with Crippen LogP contribution in [0.3, 0.4) is 0 Å². The molecule has 0 aliphatic rings. The van der Waals surface area contributed by atoms with Crippen LogP contribution in [0.5, 0.6) is 0 Å². The van der Waals surface area contributed by atoms with Gasteiger partial charge in [0.2, 0.25) is 0 Å². The molecule has 2 aromatic rings. The molecule has 0 aromatic heterocycles. The van der Waals surface area contributed by atoms with Gasteiger partial charge in [0.1, 0.15) is 0 Å². The van der Waals surface area contributed by atoms with Crippen LogP contribution in [-0.2, 0) is 6.61 Å². The van der Waals surface area contributed by atoms with E-state index in [1.807, 2.05) is 30.3 Å². The fourth-order valence-corrected chi connectivity index (χ4v) is 2.11. The molecule has 1 N–H and O–H groups in total. The van der Waals surface area contributed by atoms with Crippen molar-refractivity contribution in [3.8, 4) is 11.1 Å². The molecule has 0 aliphatic heterocycles. The minimum absolute atomic E-state index is 0.112. The molecular weight excluding hydrogens is 243 g/mol. The average molecular weight is 253 g/mol. The molecule has 0 aliphatic carbocycles. The summed E-state index contributed by atoms with van der Waals surface area (Å²) in [5, 5.41) is 10.3. The summed E-state index contributed by atoms with van der Waals surface area (Å²) in [5.41, 5.74) is 2.48. The minimum atomic E-state index is -0.112. The zero-order chi connectivity index (χ0) is 11.5. The standard InChI is InChI=1S/C13H10Cl2O/c14-11-6-10(8-16)13(15)12(7-11)9-4-2-1-3-5-9/h1-7,16H,8H2. The maximum atomic E-state index is 9.17. The second kappa shape index (κ2) is 4.88. The Morgan fingerprint density at radius 2 is 1.69 bits per heavy atom. The van der Waals surface area contributed by atoms with Gasteiger partial charge in [-0.3, -0.25) is 0 Å². The summed E-state index contributed by atoms with van der Waals surface area (Å²) >= 11 is 12.2. The lowest BCUT2D eigenvalue weighted by Gasteiger charge is -2.09. The van der Waals surface area contributed by atoms with Gasteiger partial charge in [0, 0.05) is 10.6 Å². The van der Waals surface area contributed by atoms with Crippen molar-refractivity contribution < 1.29 is 5.11 Å². The third-order valence-electron chi connectivity index (χ3n) is 2.37. The van der Waals surface area contributed by atoms with Crippen LogP contribution in [0.2, 0.25) is 10.0 Å². The van der Waals surface area contributed by atoms with E-state index in [0.29, 0.717) is 15.6 Å². The van der Waals surface area contributed by atoms with Crippen LogP contribution >= 0.6 is 23.2 Å². The molecule has 2 aromatic carbocycles. The van der Waals surface area contributed by atoms with Crippen molar-refractivity contribution in [3.63, 3.8) is 0 Å². The summed E-state index contributed by atoms with van der Waals surface area (Å²) in [5.74, 6) is 0. The van der Waals surface area contributed by atoms with E-state index in [-0.39, 0.29) is 6.61 Å². The number of rotatable bonds is 2.